The van der Waals surface area contributed by atoms with Crippen LogP contribution < -0.4 is 5.32 Å². The van der Waals surface area contributed by atoms with Gasteiger partial charge in [-0.25, -0.2) is 4.39 Å². The third kappa shape index (κ3) is 2.96. The number of nitrogens with zero attached hydrogens (tertiary/aromatic N) is 1. The second kappa shape index (κ2) is 6.40. The van der Waals surface area contributed by atoms with Crippen molar-refractivity contribution in [1.29, 1.82) is 0 Å². The van der Waals surface area contributed by atoms with Gasteiger partial charge in [-0.3, -0.25) is 4.79 Å². The van der Waals surface area contributed by atoms with Crippen molar-refractivity contribution in [3.05, 3.63) is 58.9 Å². The second-order valence-electron chi connectivity index (χ2n) is 6.37. The minimum atomic E-state index is -0.252. The summed E-state index contributed by atoms with van der Waals surface area (Å²) in [7, 11) is 0. The smallest absolute Gasteiger partial charge is 0.268 e. The number of nitrogens with one attached hydrogen (secondary N) is 1. The first-order valence-corrected chi connectivity index (χ1v) is 9.21. The van der Waals surface area contributed by atoms with Crippen molar-refractivity contribution in [2.45, 2.75) is 38.3 Å². The zero-order chi connectivity index (χ0) is 16.5. The van der Waals surface area contributed by atoms with Crippen LogP contribution in [-0.2, 0) is 6.54 Å². The first kappa shape index (κ1) is 15.4. The van der Waals surface area contributed by atoms with Gasteiger partial charge in [0.25, 0.3) is 5.91 Å². The summed E-state index contributed by atoms with van der Waals surface area (Å²) in [6.07, 6.45) is 4.49. The monoisotopic (exact) mass is 342 g/mol. The lowest BCUT2D eigenvalue weighted by molar-refractivity contribution is 0.0929. The number of hydrogen-bond donors (Lipinski definition) is 1. The summed E-state index contributed by atoms with van der Waals surface area (Å²) in [6.45, 7) is 0.491. The van der Waals surface area contributed by atoms with Gasteiger partial charge in [-0.2, -0.15) is 0 Å². The molecule has 2 heterocycles. The van der Waals surface area contributed by atoms with Crippen molar-refractivity contribution in [3.63, 3.8) is 0 Å². The van der Waals surface area contributed by atoms with Crippen LogP contribution in [0, 0.1) is 5.82 Å². The molecule has 0 spiro atoms. The van der Waals surface area contributed by atoms with Crippen LogP contribution in [0.1, 0.15) is 41.7 Å². The van der Waals surface area contributed by atoms with Crippen LogP contribution in [0.4, 0.5) is 4.39 Å². The van der Waals surface area contributed by atoms with Crippen LogP contribution in [0.25, 0.3) is 10.2 Å². The number of hydrogen-bond acceptors (Lipinski definition) is 2. The molecule has 24 heavy (non-hydrogen) atoms. The number of benzene rings is 1. The van der Waals surface area contributed by atoms with E-state index in [1.165, 1.54) is 25.0 Å². The SMILES string of the molecule is O=C(NC1CCCC1)c1cc2sccc2n1Cc1cccc(F)c1. The maximum atomic E-state index is 13.5. The molecule has 0 atom stereocenters. The zero-order valence-electron chi connectivity index (χ0n) is 13.3. The number of amides is 1. The zero-order valence-corrected chi connectivity index (χ0v) is 14.1. The van der Waals surface area contributed by atoms with Gasteiger partial charge in [-0.05, 0) is 48.1 Å². The van der Waals surface area contributed by atoms with E-state index in [1.54, 1.807) is 17.4 Å². The second-order valence-corrected chi connectivity index (χ2v) is 7.32. The van der Waals surface area contributed by atoms with E-state index in [-0.39, 0.29) is 17.8 Å². The van der Waals surface area contributed by atoms with Gasteiger partial charge in [0.2, 0.25) is 0 Å². The van der Waals surface area contributed by atoms with Crippen molar-refractivity contribution >= 4 is 27.5 Å². The summed E-state index contributed by atoms with van der Waals surface area (Å²) in [5.41, 5.74) is 2.54. The Balaban J connectivity index is 1.67. The average Bonchev–Trinajstić information content (AvgIpc) is 3.26. The first-order valence-electron chi connectivity index (χ1n) is 8.33. The quantitative estimate of drug-likeness (QED) is 0.741. The Morgan fingerprint density at radius 3 is 2.88 bits per heavy atom. The lowest BCUT2D eigenvalue weighted by Crippen LogP contribution is -2.34. The van der Waals surface area contributed by atoms with Crippen LogP contribution in [0.3, 0.4) is 0 Å². The molecule has 3 nitrogen and oxygen atoms in total. The van der Waals surface area contributed by atoms with E-state index >= 15 is 0 Å². The molecular formula is C19H19FN2OS. The van der Waals surface area contributed by atoms with Gasteiger partial charge in [0.1, 0.15) is 11.5 Å². The predicted octanol–water partition coefficient (Wildman–Crippen LogP) is 4.56. The molecule has 0 unspecified atom stereocenters. The Morgan fingerprint density at radius 1 is 1.25 bits per heavy atom. The molecule has 0 saturated heterocycles. The molecule has 1 fully saturated rings. The molecule has 1 aromatic carbocycles. The highest BCUT2D eigenvalue weighted by atomic mass is 32.1. The van der Waals surface area contributed by atoms with Crippen molar-refractivity contribution in [2.75, 3.05) is 0 Å². The molecule has 0 bridgehead atoms. The van der Waals surface area contributed by atoms with E-state index in [1.807, 2.05) is 28.1 Å². The number of carbonyl (C=O) groups excluding carboxylic acids is 1. The van der Waals surface area contributed by atoms with Gasteiger partial charge in [-0.15, -0.1) is 11.3 Å². The number of rotatable bonds is 4. The standard InChI is InChI=1S/C19H19FN2OS/c20-14-5-3-4-13(10-14)12-22-16-8-9-24-18(16)11-17(22)19(23)21-15-6-1-2-7-15/h3-5,8-11,15H,1-2,6-7,12H2,(H,21,23). The highest BCUT2D eigenvalue weighted by Crippen LogP contribution is 2.27. The molecule has 5 heteroatoms. The summed E-state index contributed by atoms with van der Waals surface area (Å²) in [6, 6.07) is 10.8. The molecule has 124 valence electrons. The largest absolute Gasteiger partial charge is 0.348 e. The summed E-state index contributed by atoms with van der Waals surface area (Å²) in [4.78, 5) is 12.7. The summed E-state index contributed by atoms with van der Waals surface area (Å²) < 4.78 is 16.6. The molecule has 1 aliphatic carbocycles. The van der Waals surface area contributed by atoms with Gasteiger partial charge >= 0.3 is 0 Å². The Kier molecular flexibility index (Phi) is 4.10. The fourth-order valence-electron chi connectivity index (χ4n) is 3.48. The average molecular weight is 342 g/mol. The van der Waals surface area contributed by atoms with Crippen LogP contribution in [-0.4, -0.2) is 16.5 Å². The number of fused-ring (bicyclic) bond motifs is 1. The van der Waals surface area contributed by atoms with E-state index in [0.717, 1.165) is 28.6 Å². The van der Waals surface area contributed by atoms with Gasteiger partial charge in [0, 0.05) is 12.6 Å². The Bertz CT molecular complexity index is 877. The van der Waals surface area contributed by atoms with E-state index in [9.17, 15) is 9.18 Å². The molecular weight excluding hydrogens is 323 g/mol. The minimum Gasteiger partial charge on any atom is -0.348 e. The summed E-state index contributed by atoms with van der Waals surface area (Å²) in [5.74, 6) is -0.278. The summed E-state index contributed by atoms with van der Waals surface area (Å²) in [5, 5.41) is 5.17. The van der Waals surface area contributed by atoms with Gasteiger partial charge < -0.3 is 9.88 Å². The maximum absolute atomic E-state index is 13.5. The van der Waals surface area contributed by atoms with Crippen LogP contribution in [0.15, 0.2) is 41.8 Å². The van der Waals surface area contributed by atoms with E-state index in [4.69, 9.17) is 0 Å². The normalized spacial score (nSPS) is 15.2. The Labute approximate surface area is 144 Å². The maximum Gasteiger partial charge on any atom is 0.268 e. The van der Waals surface area contributed by atoms with Crippen LogP contribution in [0.5, 0.6) is 0 Å². The third-order valence-electron chi connectivity index (χ3n) is 4.68. The molecule has 1 aliphatic rings. The van der Waals surface area contributed by atoms with Crippen molar-refractivity contribution in [2.24, 2.45) is 0 Å². The Morgan fingerprint density at radius 2 is 2.08 bits per heavy atom. The number of halogens is 1. The lowest BCUT2D eigenvalue weighted by atomic mass is 10.2. The molecule has 0 aliphatic heterocycles. The van der Waals surface area contributed by atoms with Gasteiger partial charge in [0.15, 0.2) is 0 Å². The van der Waals surface area contributed by atoms with E-state index < -0.39 is 0 Å². The van der Waals surface area contributed by atoms with Crippen LogP contribution in [0.2, 0.25) is 0 Å². The van der Waals surface area contributed by atoms with E-state index in [2.05, 4.69) is 5.32 Å². The van der Waals surface area contributed by atoms with Gasteiger partial charge in [0.05, 0.1) is 10.2 Å². The van der Waals surface area contributed by atoms with Crippen LogP contribution >= 0.6 is 11.3 Å². The molecule has 4 rings (SSSR count). The first-order chi connectivity index (χ1) is 11.7. The minimum absolute atomic E-state index is 0.0262. The van der Waals surface area contributed by atoms with Crippen molar-refractivity contribution < 1.29 is 9.18 Å². The van der Waals surface area contributed by atoms with E-state index in [0.29, 0.717) is 12.2 Å². The Hall–Kier alpha value is -2.14. The predicted molar refractivity (Wildman–Crippen MR) is 95.0 cm³/mol. The molecule has 3 aromatic rings. The molecule has 1 N–H and O–H groups in total. The number of aromatic nitrogens is 1. The number of thiophene rings is 1. The highest BCUT2D eigenvalue weighted by Gasteiger charge is 2.21. The fourth-order valence-corrected chi connectivity index (χ4v) is 4.31. The fraction of sp³-hybridized carbons (Fsp3) is 0.316. The topological polar surface area (TPSA) is 34.0 Å². The van der Waals surface area contributed by atoms with Gasteiger partial charge in [-0.1, -0.05) is 25.0 Å². The molecule has 2 aromatic heterocycles. The van der Waals surface area contributed by atoms with Crippen molar-refractivity contribution in [3.8, 4) is 0 Å². The molecule has 1 amide bonds. The molecule has 0 radical (unpaired) electrons. The summed E-state index contributed by atoms with van der Waals surface area (Å²) >= 11 is 1.62. The molecule has 1 saturated carbocycles. The van der Waals surface area contributed by atoms with Crippen molar-refractivity contribution in [1.82, 2.24) is 9.88 Å². The number of carbonyl (C=O) groups is 1. The third-order valence-corrected chi connectivity index (χ3v) is 5.53. The lowest BCUT2D eigenvalue weighted by Gasteiger charge is -2.14. The highest BCUT2D eigenvalue weighted by molar-refractivity contribution is 7.17.